The first-order valence-electron chi connectivity index (χ1n) is 12.8. The first-order chi connectivity index (χ1) is 16.5. The summed E-state index contributed by atoms with van der Waals surface area (Å²) in [6.45, 7) is 9.77. The van der Waals surface area contributed by atoms with Crippen LogP contribution >= 0.6 is 0 Å². The van der Waals surface area contributed by atoms with Gasteiger partial charge in [-0.1, -0.05) is 69.7 Å². The van der Waals surface area contributed by atoms with Gasteiger partial charge in [-0.05, 0) is 47.8 Å². The Labute approximate surface area is 202 Å². The van der Waals surface area contributed by atoms with Crippen LogP contribution in [-0.2, 0) is 19.5 Å². The predicted molar refractivity (Wildman–Crippen MR) is 142 cm³/mol. The van der Waals surface area contributed by atoms with E-state index < -0.39 is 0 Å². The Kier molecular flexibility index (Phi) is 6.30. The lowest BCUT2D eigenvalue weighted by Crippen LogP contribution is -2.30. The van der Waals surface area contributed by atoms with Gasteiger partial charge in [0.1, 0.15) is 11.3 Å². The summed E-state index contributed by atoms with van der Waals surface area (Å²) in [7, 11) is 0. The number of anilines is 1. The summed E-state index contributed by atoms with van der Waals surface area (Å²) in [5, 5.41) is 4.79. The molecule has 1 fully saturated rings. The second kappa shape index (κ2) is 9.38. The molecule has 2 heterocycles. The minimum Gasteiger partial charge on any atom is -0.382 e. The van der Waals surface area contributed by atoms with Gasteiger partial charge in [-0.3, -0.25) is 0 Å². The third-order valence-corrected chi connectivity index (χ3v) is 7.40. The summed E-state index contributed by atoms with van der Waals surface area (Å²) in [6, 6.07) is 17.3. The van der Waals surface area contributed by atoms with Crippen molar-refractivity contribution in [3.8, 4) is 0 Å². The number of nitrogen functional groups attached to an aromatic ring is 1. The third kappa shape index (κ3) is 4.67. The van der Waals surface area contributed by atoms with Crippen molar-refractivity contribution in [2.24, 2.45) is 11.3 Å². The van der Waals surface area contributed by atoms with Crippen LogP contribution in [0, 0.1) is 11.3 Å². The number of hydrogen-bond donors (Lipinski definition) is 2. The van der Waals surface area contributed by atoms with Crippen LogP contribution < -0.4 is 11.1 Å². The first kappa shape index (κ1) is 22.9. The fourth-order valence-electron chi connectivity index (χ4n) is 5.08. The number of pyridine rings is 1. The van der Waals surface area contributed by atoms with E-state index in [0.29, 0.717) is 11.2 Å². The maximum Gasteiger partial charge on any atom is 0.152 e. The fraction of sp³-hybridized carbons (Fsp3) is 0.448. The molecule has 0 radical (unpaired) electrons. The van der Waals surface area contributed by atoms with E-state index >= 15 is 0 Å². The number of aryl methyl sites for hydroxylation is 1. The van der Waals surface area contributed by atoms with E-state index in [1.54, 1.807) is 0 Å². The summed E-state index contributed by atoms with van der Waals surface area (Å²) in [4.78, 5) is 9.57. The zero-order valence-electron chi connectivity index (χ0n) is 20.8. The highest BCUT2D eigenvalue weighted by Gasteiger charge is 2.37. The lowest BCUT2D eigenvalue weighted by Gasteiger charge is -2.24. The number of nitrogens with two attached hydrogens (primary N) is 1. The van der Waals surface area contributed by atoms with E-state index in [4.69, 9.17) is 10.7 Å². The Hall–Kier alpha value is -2.92. The summed E-state index contributed by atoms with van der Waals surface area (Å²) < 4.78 is 2.36. The first-order valence-corrected chi connectivity index (χ1v) is 12.8. The van der Waals surface area contributed by atoms with Crippen molar-refractivity contribution in [3.63, 3.8) is 0 Å². The average Bonchev–Trinajstić information content (AvgIpc) is 3.63. The topological polar surface area (TPSA) is 68.8 Å². The Balaban J connectivity index is 1.40. The molecule has 5 nitrogen and oxygen atoms in total. The summed E-state index contributed by atoms with van der Waals surface area (Å²) in [6.07, 6.45) is 5.97. The van der Waals surface area contributed by atoms with Gasteiger partial charge in [-0.2, -0.15) is 0 Å². The lowest BCUT2D eigenvalue weighted by atomic mass is 9.87. The van der Waals surface area contributed by atoms with Crippen molar-refractivity contribution in [3.05, 3.63) is 65.5 Å². The van der Waals surface area contributed by atoms with Crippen LogP contribution in [0.2, 0.25) is 0 Å². The highest BCUT2D eigenvalue weighted by molar-refractivity contribution is 6.06. The number of rotatable bonds is 10. The van der Waals surface area contributed by atoms with E-state index in [-0.39, 0.29) is 0 Å². The summed E-state index contributed by atoms with van der Waals surface area (Å²) >= 11 is 0. The number of para-hydroxylation sites is 1. The SMILES string of the molecule is CCCCc1nc2c(N)nc3ccccc3c2n1Cc1ccc(CNCC(C)(C)C2CC2)cc1. The van der Waals surface area contributed by atoms with Gasteiger partial charge in [0.2, 0.25) is 0 Å². The predicted octanol–water partition coefficient (Wildman–Crippen LogP) is 6.08. The Morgan fingerprint density at radius 3 is 2.50 bits per heavy atom. The second-order valence-corrected chi connectivity index (χ2v) is 10.6. The maximum absolute atomic E-state index is 6.35. The quantitative estimate of drug-likeness (QED) is 0.304. The molecule has 3 N–H and O–H groups in total. The van der Waals surface area contributed by atoms with E-state index in [1.165, 1.54) is 24.0 Å². The minimum atomic E-state index is 0.400. The standard InChI is InChI=1S/C29H37N5/c1-4-5-10-25-33-26-27(23-8-6-7-9-24(23)32-28(26)30)34(25)18-21-13-11-20(12-14-21)17-31-19-29(2,3)22-15-16-22/h6-9,11-14,22,31H,4-5,10,15-19H2,1-3H3,(H2,30,32). The monoisotopic (exact) mass is 455 g/mol. The van der Waals surface area contributed by atoms with Crippen LogP contribution in [0.5, 0.6) is 0 Å². The maximum atomic E-state index is 6.35. The average molecular weight is 456 g/mol. The third-order valence-electron chi connectivity index (χ3n) is 7.40. The van der Waals surface area contributed by atoms with Crippen molar-refractivity contribution < 1.29 is 0 Å². The molecule has 1 aliphatic carbocycles. The number of aromatic nitrogens is 3. The second-order valence-electron chi connectivity index (χ2n) is 10.6. The smallest absolute Gasteiger partial charge is 0.152 e. The molecule has 2 aromatic carbocycles. The van der Waals surface area contributed by atoms with Gasteiger partial charge in [-0.25, -0.2) is 9.97 Å². The van der Waals surface area contributed by atoms with Crippen molar-refractivity contribution >= 4 is 27.8 Å². The highest BCUT2D eigenvalue weighted by atomic mass is 15.1. The Bertz CT molecular complexity index is 1280. The molecule has 5 heteroatoms. The van der Waals surface area contributed by atoms with Gasteiger partial charge in [0.05, 0.1) is 11.0 Å². The molecule has 0 bridgehead atoms. The number of hydrogen-bond acceptors (Lipinski definition) is 4. The molecule has 178 valence electrons. The molecule has 0 spiro atoms. The van der Waals surface area contributed by atoms with Crippen LogP contribution in [0.4, 0.5) is 5.82 Å². The minimum absolute atomic E-state index is 0.400. The summed E-state index contributed by atoms with van der Waals surface area (Å²) in [5.41, 5.74) is 12.2. The Morgan fingerprint density at radius 2 is 1.76 bits per heavy atom. The normalized spacial score (nSPS) is 14.3. The highest BCUT2D eigenvalue weighted by Crippen LogP contribution is 2.44. The van der Waals surface area contributed by atoms with Crippen LogP contribution in [0.1, 0.15) is 63.4 Å². The van der Waals surface area contributed by atoms with Gasteiger partial charge >= 0.3 is 0 Å². The van der Waals surface area contributed by atoms with E-state index in [9.17, 15) is 0 Å². The zero-order valence-corrected chi connectivity index (χ0v) is 20.8. The van der Waals surface area contributed by atoms with Crippen LogP contribution in [0.25, 0.3) is 21.9 Å². The van der Waals surface area contributed by atoms with Crippen molar-refractivity contribution in [2.75, 3.05) is 12.3 Å². The molecule has 1 saturated carbocycles. The van der Waals surface area contributed by atoms with Crippen molar-refractivity contribution in [1.82, 2.24) is 19.9 Å². The zero-order chi connectivity index (χ0) is 23.7. The number of fused-ring (bicyclic) bond motifs is 3. The van der Waals surface area contributed by atoms with Gasteiger partial charge in [0, 0.05) is 31.4 Å². The molecule has 0 amide bonds. The number of benzene rings is 2. The fourth-order valence-corrected chi connectivity index (χ4v) is 5.08. The Morgan fingerprint density at radius 1 is 1.03 bits per heavy atom. The van der Waals surface area contributed by atoms with Crippen LogP contribution in [-0.4, -0.2) is 21.1 Å². The largest absolute Gasteiger partial charge is 0.382 e. The number of imidazole rings is 1. The molecule has 0 aliphatic heterocycles. The molecular formula is C29H37N5. The van der Waals surface area contributed by atoms with Crippen LogP contribution in [0.15, 0.2) is 48.5 Å². The number of nitrogens with one attached hydrogen (secondary N) is 1. The number of unbranched alkanes of at least 4 members (excludes halogenated alkanes) is 1. The molecule has 0 atom stereocenters. The van der Waals surface area contributed by atoms with Gasteiger partial charge in [-0.15, -0.1) is 0 Å². The molecule has 0 saturated heterocycles. The van der Waals surface area contributed by atoms with E-state index in [1.807, 2.05) is 12.1 Å². The van der Waals surface area contributed by atoms with Gasteiger partial charge < -0.3 is 15.6 Å². The van der Waals surface area contributed by atoms with E-state index in [0.717, 1.165) is 72.6 Å². The molecule has 5 rings (SSSR count). The van der Waals surface area contributed by atoms with E-state index in [2.05, 4.69) is 72.0 Å². The number of nitrogens with zero attached hydrogens (tertiary/aromatic N) is 3. The molecule has 34 heavy (non-hydrogen) atoms. The summed E-state index contributed by atoms with van der Waals surface area (Å²) in [5.74, 6) is 2.50. The molecule has 2 aromatic heterocycles. The molecule has 1 aliphatic rings. The van der Waals surface area contributed by atoms with Crippen LogP contribution in [0.3, 0.4) is 0 Å². The molecule has 0 unspecified atom stereocenters. The van der Waals surface area contributed by atoms with Crippen molar-refractivity contribution in [2.45, 2.75) is 66.0 Å². The molecular weight excluding hydrogens is 418 g/mol. The lowest BCUT2D eigenvalue weighted by molar-refractivity contribution is 0.291. The van der Waals surface area contributed by atoms with Gasteiger partial charge in [0.25, 0.3) is 0 Å². The van der Waals surface area contributed by atoms with Crippen molar-refractivity contribution in [1.29, 1.82) is 0 Å². The van der Waals surface area contributed by atoms with Gasteiger partial charge in [0.15, 0.2) is 5.82 Å². The molecule has 4 aromatic rings.